The smallest absolute Gasteiger partial charge is 0.726 e. The first-order valence-electron chi connectivity index (χ1n) is 22.1. The maximum absolute atomic E-state index is 13.0. The van der Waals surface area contributed by atoms with Gasteiger partial charge in [0, 0.05) is 6.42 Å². The Morgan fingerprint density at radius 2 is 1.16 bits per heavy atom. The third-order valence-electron chi connectivity index (χ3n) is 10.6. The quantitative estimate of drug-likeness (QED) is 0.0192. The van der Waals surface area contributed by atoms with Gasteiger partial charge < -0.3 is 39.8 Å². The third-order valence-corrected chi connectivity index (χ3v) is 11.0. The van der Waals surface area contributed by atoms with Crippen LogP contribution in [0.3, 0.4) is 0 Å². The zero-order valence-corrected chi connectivity index (χ0v) is 38.3. The number of unbranched alkanes of at least 4 members (excludes halogenated alkanes) is 25. The van der Waals surface area contributed by atoms with Crippen LogP contribution in [0.5, 0.6) is 0 Å². The number of hydrogen-bond acceptors (Lipinski definition) is 11. The molecule has 1 heterocycles. The van der Waals surface area contributed by atoms with E-state index in [0.29, 0.717) is 6.42 Å². The summed E-state index contributed by atoms with van der Waals surface area (Å²) in [5.41, 5.74) is 0. The van der Waals surface area contributed by atoms with Gasteiger partial charge in [0.1, 0.15) is 24.4 Å². The van der Waals surface area contributed by atoms with Gasteiger partial charge in [0.05, 0.1) is 25.4 Å². The molecular weight excluding hydrogens is 750 g/mol. The van der Waals surface area contributed by atoms with Gasteiger partial charge in [-0.3, -0.25) is 8.98 Å². The van der Waals surface area contributed by atoms with Gasteiger partial charge in [-0.2, -0.15) is 0 Å². The first-order valence-corrected chi connectivity index (χ1v) is 23.4. The number of aliphatic hydroxyl groups excluding tert-OH is 4. The minimum atomic E-state index is -5.33. The van der Waals surface area contributed by atoms with Crippen LogP contribution in [0.1, 0.15) is 194 Å². The summed E-state index contributed by atoms with van der Waals surface area (Å²) in [6.07, 6.45) is 26.5. The van der Waals surface area contributed by atoms with E-state index in [1.807, 2.05) is 6.08 Å². The number of ether oxygens (including phenoxy) is 2. The van der Waals surface area contributed by atoms with E-state index in [9.17, 15) is 38.2 Å². The summed E-state index contributed by atoms with van der Waals surface area (Å²) in [4.78, 5) is 13.0. The fourth-order valence-corrected chi connectivity index (χ4v) is 7.60. The topological polar surface area (TPSA) is 195 Å². The first kappa shape index (κ1) is 55.8. The summed E-state index contributed by atoms with van der Waals surface area (Å²) in [6, 6.07) is -0.949. The van der Waals surface area contributed by atoms with Crippen LogP contribution in [0.15, 0.2) is 12.2 Å². The van der Waals surface area contributed by atoms with Crippen molar-refractivity contribution in [2.75, 3.05) is 13.2 Å². The van der Waals surface area contributed by atoms with Crippen molar-refractivity contribution in [3.63, 3.8) is 0 Å². The molecule has 1 aliphatic heterocycles. The van der Waals surface area contributed by atoms with Crippen molar-refractivity contribution in [2.24, 2.45) is 0 Å². The number of aliphatic hydroxyl groups is 4. The second-order valence-corrected chi connectivity index (χ2v) is 16.6. The van der Waals surface area contributed by atoms with Crippen LogP contribution in [0.2, 0.25) is 0 Å². The minimum Gasteiger partial charge on any atom is -0.726 e. The summed E-state index contributed by atoms with van der Waals surface area (Å²) in [5.74, 6) is -0.270. The number of allylic oxidation sites excluding steroid dienone is 1. The van der Waals surface area contributed by atoms with Gasteiger partial charge in [0.15, 0.2) is 6.29 Å². The Hall–Kier alpha value is -0.160. The van der Waals surface area contributed by atoms with Crippen LogP contribution in [0, 0.1) is 0 Å². The average Bonchev–Trinajstić information content (AvgIpc) is 3.15. The van der Waals surface area contributed by atoms with E-state index in [1.165, 1.54) is 128 Å². The predicted molar refractivity (Wildman–Crippen MR) is 216 cm³/mol. The summed E-state index contributed by atoms with van der Waals surface area (Å²) in [5, 5.41) is 44.5. The zero-order chi connectivity index (χ0) is 40.6. The third kappa shape index (κ3) is 29.1. The number of hydrogen-bond donors (Lipinski definition) is 5. The first-order chi connectivity index (χ1) is 26.5. The van der Waals surface area contributed by atoms with Crippen molar-refractivity contribution in [3.8, 4) is 0 Å². The van der Waals surface area contributed by atoms with Crippen LogP contribution >= 0.6 is 0 Å². The van der Waals surface area contributed by atoms with E-state index in [2.05, 4.69) is 23.3 Å². The Labute approximate surface area is 362 Å². The molecule has 1 fully saturated rings. The van der Waals surface area contributed by atoms with E-state index in [1.54, 1.807) is 6.08 Å². The Morgan fingerprint density at radius 1 is 0.732 bits per heavy atom. The molecular formula is C42H80NNaO11S. The molecule has 326 valence electrons. The Balaban J connectivity index is 0.0000302. The predicted octanol–water partition coefficient (Wildman–Crippen LogP) is 4.66. The van der Waals surface area contributed by atoms with Gasteiger partial charge in [0.25, 0.3) is 0 Å². The second kappa shape index (κ2) is 36.7. The Bertz CT molecular complexity index is 1050. The van der Waals surface area contributed by atoms with Gasteiger partial charge in [-0.25, -0.2) is 8.42 Å². The van der Waals surface area contributed by atoms with Crippen molar-refractivity contribution in [2.45, 2.75) is 236 Å². The second-order valence-electron chi connectivity index (χ2n) is 15.6. The van der Waals surface area contributed by atoms with Crippen LogP contribution in [0.25, 0.3) is 0 Å². The van der Waals surface area contributed by atoms with Gasteiger partial charge >= 0.3 is 29.6 Å². The van der Waals surface area contributed by atoms with E-state index in [0.717, 1.165) is 38.5 Å². The number of nitrogens with one attached hydrogen (secondary N) is 1. The molecule has 0 aromatic rings. The normalized spacial score (nSPS) is 21.2. The fourth-order valence-electron chi connectivity index (χ4n) is 7.10. The molecule has 12 nitrogen and oxygen atoms in total. The van der Waals surface area contributed by atoms with Crippen LogP contribution in [-0.4, -0.2) is 95.4 Å². The molecule has 14 heteroatoms. The van der Waals surface area contributed by atoms with Gasteiger partial charge in [0.2, 0.25) is 16.3 Å². The monoisotopic (exact) mass is 830 g/mol. The molecule has 0 bridgehead atoms. The summed E-state index contributed by atoms with van der Waals surface area (Å²) >= 11 is 0. The largest absolute Gasteiger partial charge is 1.00 e. The van der Waals surface area contributed by atoms with Crippen LogP contribution in [0.4, 0.5) is 0 Å². The molecule has 1 saturated heterocycles. The number of rotatable bonds is 37. The van der Waals surface area contributed by atoms with Crippen molar-refractivity contribution in [1.29, 1.82) is 0 Å². The van der Waals surface area contributed by atoms with Crippen molar-refractivity contribution < 1.29 is 81.4 Å². The molecule has 0 spiro atoms. The Kier molecular flexibility index (Phi) is 36.6. The van der Waals surface area contributed by atoms with Crippen LogP contribution in [-0.2, 0) is 28.9 Å². The van der Waals surface area contributed by atoms with E-state index >= 15 is 0 Å². The molecule has 0 aromatic heterocycles. The molecule has 0 aromatic carbocycles. The minimum absolute atomic E-state index is 0. The number of carbonyl (C=O) groups is 1. The molecule has 3 unspecified atom stereocenters. The number of amides is 1. The standard InChI is InChI=1S/C42H81NO11S.Na/c1-3-5-7-9-11-13-15-17-18-20-22-24-26-28-30-32-38(46)43-35(36(45)31-29-27-25-23-21-19-16-14-12-10-8-6-4-2)34-52-42-40(48)41(54-55(49,50)51)39(47)37(33-44)53-42;/h29,31,35-37,39-42,44-45,47-48H,3-28,30,32-34H2,1-2H3,(H,43,46)(H,49,50,51);/q;+1/p-1/b31-29+;/t35-,36+,37?,39-,40?,41?,42+;/m0./s1. The van der Waals surface area contributed by atoms with Crippen molar-refractivity contribution in [1.82, 2.24) is 5.32 Å². The molecule has 0 saturated carbocycles. The molecule has 7 atom stereocenters. The molecule has 1 amide bonds. The van der Waals surface area contributed by atoms with Crippen molar-refractivity contribution >= 4 is 16.3 Å². The zero-order valence-electron chi connectivity index (χ0n) is 35.5. The Morgan fingerprint density at radius 3 is 1.59 bits per heavy atom. The number of carbonyl (C=O) groups excluding carboxylic acids is 1. The van der Waals surface area contributed by atoms with Gasteiger partial charge in [-0.05, 0) is 19.3 Å². The average molecular weight is 830 g/mol. The fraction of sp³-hybridized carbons (Fsp3) is 0.929. The van der Waals surface area contributed by atoms with Crippen molar-refractivity contribution in [3.05, 3.63) is 12.2 Å². The molecule has 1 rings (SSSR count). The van der Waals surface area contributed by atoms with Gasteiger partial charge in [-0.1, -0.05) is 180 Å². The summed E-state index contributed by atoms with van der Waals surface area (Å²) in [6.45, 7) is 3.34. The van der Waals surface area contributed by atoms with Crippen LogP contribution < -0.4 is 34.9 Å². The maximum atomic E-state index is 13.0. The summed E-state index contributed by atoms with van der Waals surface area (Å²) in [7, 11) is -5.33. The van der Waals surface area contributed by atoms with Gasteiger partial charge in [-0.15, -0.1) is 0 Å². The van der Waals surface area contributed by atoms with E-state index in [4.69, 9.17) is 9.47 Å². The van der Waals surface area contributed by atoms with E-state index < -0.39 is 59.9 Å². The summed E-state index contributed by atoms with van der Waals surface area (Å²) < 4.78 is 49.2. The molecule has 0 aliphatic carbocycles. The molecule has 5 N–H and O–H groups in total. The molecule has 56 heavy (non-hydrogen) atoms. The molecule has 1 aliphatic rings. The SMILES string of the molecule is CCCCCCCCCCCCC/C=C/[C@@H](O)[C@H](CO[C@@H]1OC(CO)[C@H](O)C(OS(=O)(=O)[O-])C1O)NC(=O)CCCCCCCCCCCCCCCCC.[Na+]. The molecule has 0 radical (unpaired) electrons. The maximum Gasteiger partial charge on any atom is 1.00 e. The van der Waals surface area contributed by atoms with E-state index in [-0.39, 0.29) is 48.5 Å².